The van der Waals surface area contributed by atoms with E-state index in [2.05, 4.69) is 5.32 Å². The lowest BCUT2D eigenvalue weighted by Gasteiger charge is -2.14. The number of anilines is 1. The molecule has 1 aromatic carbocycles. The quantitative estimate of drug-likeness (QED) is 0.452. The van der Waals surface area contributed by atoms with E-state index in [1.807, 2.05) is 0 Å². The van der Waals surface area contributed by atoms with Crippen LogP contribution in [0.25, 0.3) is 0 Å². The molecule has 7 nitrogen and oxygen atoms in total. The third-order valence-electron chi connectivity index (χ3n) is 3.08. The van der Waals surface area contributed by atoms with Gasteiger partial charge in [0.2, 0.25) is 10.0 Å². The van der Waals surface area contributed by atoms with Gasteiger partial charge < -0.3 is 10.1 Å². The summed E-state index contributed by atoms with van der Waals surface area (Å²) in [6.07, 6.45) is 5.07. The van der Waals surface area contributed by atoms with Gasteiger partial charge in [-0.3, -0.25) is 4.79 Å². The summed E-state index contributed by atoms with van der Waals surface area (Å²) in [6.45, 7) is 3.23. The van der Waals surface area contributed by atoms with Crippen LogP contribution in [0.3, 0.4) is 0 Å². The molecule has 25 heavy (non-hydrogen) atoms. The van der Waals surface area contributed by atoms with Gasteiger partial charge in [0.25, 0.3) is 5.91 Å². The maximum atomic E-state index is 12.1. The average Bonchev–Trinajstić information content (AvgIpc) is 2.55. The van der Waals surface area contributed by atoms with E-state index in [4.69, 9.17) is 4.74 Å². The number of ether oxygens (including phenoxy) is 1. The van der Waals surface area contributed by atoms with Gasteiger partial charge in [0.05, 0.1) is 4.90 Å². The predicted octanol–water partition coefficient (Wildman–Crippen LogP) is 1.94. The molecule has 1 N–H and O–H groups in total. The second-order valence-corrected chi connectivity index (χ2v) is 7.42. The summed E-state index contributed by atoms with van der Waals surface area (Å²) in [6, 6.07) is 5.84. The van der Waals surface area contributed by atoms with Gasteiger partial charge in [-0.05, 0) is 32.0 Å². The van der Waals surface area contributed by atoms with Crippen molar-refractivity contribution in [1.29, 1.82) is 0 Å². The second-order valence-electron chi connectivity index (χ2n) is 5.27. The third kappa shape index (κ3) is 6.17. The van der Waals surface area contributed by atoms with Crippen LogP contribution < -0.4 is 5.32 Å². The highest BCUT2D eigenvalue weighted by atomic mass is 32.2. The number of hydrogen-bond acceptors (Lipinski definition) is 5. The topological polar surface area (TPSA) is 92.8 Å². The average molecular weight is 366 g/mol. The van der Waals surface area contributed by atoms with Crippen LogP contribution in [0.2, 0.25) is 0 Å². The van der Waals surface area contributed by atoms with Crippen LogP contribution in [0.1, 0.15) is 13.8 Å². The zero-order chi connectivity index (χ0) is 19.0. The van der Waals surface area contributed by atoms with E-state index in [0.29, 0.717) is 5.69 Å². The number of carbonyl (C=O) groups is 2. The van der Waals surface area contributed by atoms with Gasteiger partial charge in [0.1, 0.15) is 0 Å². The van der Waals surface area contributed by atoms with Crippen molar-refractivity contribution < 1.29 is 22.7 Å². The minimum atomic E-state index is -3.61. The van der Waals surface area contributed by atoms with Crippen LogP contribution in [0.4, 0.5) is 5.69 Å². The van der Waals surface area contributed by atoms with Gasteiger partial charge in [-0.2, -0.15) is 0 Å². The molecule has 1 rings (SSSR count). The predicted molar refractivity (Wildman–Crippen MR) is 95.5 cm³/mol. The van der Waals surface area contributed by atoms with Gasteiger partial charge in [-0.1, -0.05) is 24.3 Å². The van der Waals surface area contributed by atoms with E-state index in [-0.39, 0.29) is 4.90 Å². The number of nitrogens with zero attached hydrogens (tertiary/aromatic N) is 1. The highest BCUT2D eigenvalue weighted by Crippen LogP contribution is 2.18. The van der Waals surface area contributed by atoms with Crippen LogP contribution in [-0.2, 0) is 24.3 Å². The van der Waals surface area contributed by atoms with Crippen molar-refractivity contribution in [2.24, 2.45) is 0 Å². The Bertz CT molecular complexity index is 782. The van der Waals surface area contributed by atoms with Gasteiger partial charge in [0.15, 0.2) is 6.10 Å². The molecule has 8 heteroatoms. The fraction of sp³-hybridized carbons (Fsp3) is 0.294. The number of sulfonamides is 1. The first-order valence-corrected chi connectivity index (χ1v) is 8.96. The zero-order valence-corrected chi connectivity index (χ0v) is 15.4. The van der Waals surface area contributed by atoms with Crippen molar-refractivity contribution in [2.45, 2.75) is 24.8 Å². The summed E-state index contributed by atoms with van der Waals surface area (Å²) in [5.74, 6) is -1.21. The normalized spacial score (nSPS) is 13.3. The molecule has 0 saturated carbocycles. The van der Waals surface area contributed by atoms with E-state index >= 15 is 0 Å². The molecule has 0 unspecified atom stereocenters. The minimum Gasteiger partial charge on any atom is -0.449 e. The van der Waals surface area contributed by atoms with Crippen molar-refractivity contribution in [2.75, 3.05) is 19.4 Å². The summed E-state index contributed by atoms with van der Waals surface area (Å²) in [5.41, 5.74) is 0.292. The molecule has 0 aromatic heterocycles. The number of carbonyl (C=O) groups excluding carboxylic acids is 2. The lowest BCUT2D eigenvalue weighted by atomic mass is 10.3. The van der Waals surface area contributed by atoms with E-state index in [9.17, 15) is 18.0 Å². The Labute approximate surface area is 148 Å². The fourth-order valence-corrected chi connectivity index (χ4v) is 2.65. The van der Waals surface area contributed by atoms with Crippen molar-refractivity contribution in [3.8, 4) is 0 Å². The van der Waals surface area contributed by atoms with Gasteiger partial charge >= 0.3 is 5.97 Å². The summed E-state index contributed by atoms with van der Waals surface area (Å²) in [7, 11) is -0.766. The molecule has 0 spiro atoms. The Balaban J connectivity index is 2.79. The highest BCUT2D eigenvalue weighted by molar-refractivity contribution is 7.89. The highest BCUT2D eigenvalue weighted by Gasteiger charge is 2.20. The Morgan fingerprint density at radius 1 is 1.24 bits per heavy atom. The summed E-state index contributed by atoms with van der Waals surface area (Å²) < 4.78 is 30.3. The van der Waals surface area contributed by atoms with Gasteiger partial charge in [0, 0.05) is 25.9 Å². The number of benzene rings is 1. The van der Waals surface area contributed by atoms with Crippen LogP contribution in [0.15, 0.2) is 53.5 Å². The standard InChI is InChI=1S/C17H22N2O5S/c1-5-6-7-11-16(20)24-13(2)17(21)18-14-9-8-10-15(12-14)25(22,23)19(3)4/h5-13H,1-4H3,(H,18,21)/b6-5+,11-7+/t13-/m1/s1. The number of esters is 1. The molecule has 0 aliphatic heterocycles. The Morgan fingerprint density at radius 3 is 2.52 bits per heavy atom. The zero-order valence-electron chi connectivity index (χ0n) is 14.6. The Hall–Kier alpha value is -2.45. The Morgan fingerprint density at radius 2 is 1.92 bits per heavy atom. The maximum Gasteiger partial charge on any atom is 0.331 e. The summed E-state index contributed by atoms with van der Waals surface area (Å²) >= 11 is 0. The number of nitrogens with one attached hydrogen (secondary N) is 1. The number of allylic oxidation sites excluding steroid dienone is 3. The largest absolute Gasteiger partial charge is 0.449 e. The van der Waals surface area contributed by atoms with Crippen molar-refractivity contribution in [3.63, 3.8) is 0 Å². The first-order valence-electron chi connectivity index (χ1n) is 7.52. The van der Waals surface area contributed by atoms with Crippen LogP contribution in [0.5, 0.6) is 0 Å². The lowest BCUT2D eigenvalue weighted by molar-refractivity contribution is -0.148. The molecule has 0 bridgehead atoms. The molecule has 0 saturated heterocycles. The molecule has 0 fully saturated rings. The molecular weight excluding hydrogens is 344 g/mol. The van der Waals surface area contributed by atoms with Crippen LogP contribution in [0, 0.1) is 0 Å². The molecule has 1 aromatic rings. The number of hydrogen-bond donors (Lipinski definition) is 1. The molecule has 1 amide bonds. The smallest absolute Gasteiger partial charge is 0.331 e. The number of rotatable bonds is 7. The summed E-state index contributed by atoms with van der Waals surface area (Å²) in [5, 5.41) is 2.53. The van der Waals surface area contributed by atoms with E-state index in [1.165, 1.54) is 51.4 Å². The molecule has 0 heterocycles. The van der Waals surface area contributed by atoms with Gasteiger partial charge in [-0.25, -0.2) is 17.5 Å². The SMILES string of the molecule is C/C=C/C=C/C(=O)O[C@H](C)C(=O)Nc1cccc(S(=O)(=O)N(C)C)c1. The molecule has 1 atom stereocenters. The monoisotopic (exact) mass is 366 g/mol. The third-order valence-corrected chi connectivity index (χ3v) is 4.89. The van der Waals surface area contributed by atoms with E-state index in [1.54, 1.807) is 25.1 Å². The summed E-state index contributed by atoms with van der Waals surface area (Å²) in [4.78, 5) is 23.7. The molecular formula is C17H22N2O5S. The second kappa shape index (κ2) is 9.14. The fourth-order valence-electron chi connectivity index (χ4n) is 1.70. The van der Waals surface area contributed by atoms with E-state index < -0.39 is 28.0 Å². The number of amides is 1. The van der Waals surface area contributed by atoms with Crippen molar-refractivity contribution in [1.82, 2.24) is 4.31 Å². The van der Waals surface area contributed by atoms with Crippen molar-refractivity contribution in [3.05, 3.63) is 48.6 Å². The Kier molecular flexibility index (Phi) is 7.53. The molecule has 0 radical (unpaired) electrons. The van der Waals surface area contributed by atoms with Gasteiger partial charge in [-0.15, -0.1) is 0 Å². The first-order chi connectivity index (χ1) is 11.7. The molecule has 136 valence electrons. The molecule has 0 aliphatic rings. The van der Waals surface area contributed by atoms with E-state index in [0.717, 1.165) is 4.31 Å². The van der Waals surface area contributed by atoms with Crippen LogP contribution in [-0.4, -0.2) is 44.8 Å². The van der Waals surface area contributed by atoms with Crippen LogP contribution >= 0.6 is 0 Å². The maximum absolute atomic E-state index is 12.1. The first kappa shape index (κ1) is 20.6. The lowest BCUT2D eigenvalue weighted by Crippen LogP contribution is -2.29. The molecule has 0 aliphatic carbocycles. The van der Waals surface area contributed by atoms with Crippen molar-refractivity contribution >= 4 is 27.6 Å². The minimum absolute atomic E-state index is 0.0502.